The van der Waals surface area contributed by atoms with Crippen LogP contribution < -0.4 is 14.8 Å². The number of amides is 1. The smallest absolute Gasteiger partial charge is 0.224 e. The first-order valence-electron chi connectivity index (χ1n) is 10.7. The van der Waals surface area contributed by atoms with Crippen molar-refractivity contribution in [2.75, 3.05) is 12.4 Å². The Balaban J connectivity index is 1.28. The van der Waals surface area contributed by atoms with E-state index in [4.69, 9.17) is 19.2 Å². The lowest BCUT2D eigenvalue weighted by Crippen LogP contribution is -2.12. The van der Waals surface area contributed by atoms with E-state index in [0.717, 1.165) is 16.9 Å². The molecule has 0 aliphatic rings. The van der Waals surface area contributed by atoms with E-state index < -0.39 is 0 Å². The number of hydrogen-bond acceptors (Lipinski definition) is 6. The molecule has 0 aliphatic heterocycles. The van der Waals surface area contributed by atoms with E-state index in [0.29, 0.717) is 41.7 Å². The van der Waals surface area contributed by atoms with Crippen molar-refractivity contribution < 1.29 is 18.7 Å². The first-order chi connectivity index (χ1) is 16.6. The van der Waals surface area contributed by atoms with Crippen molar-refractivity contribution in [3.8, 4) is 28.9 Å². The summed E-state index contributed by atoms with van der Waals surface area (Å²) in [5.74, 6) is 2.38. The quantitative estimate of drug-likeness (QED) is 0.366. The second-order valence-electron chi connectivity index (χ2n) is 7.52. The standard InChI is InChI=1S/C27H23N3O4/c1-32-23-10-8-21(9-11-23)25-17-29-27(34-25)13-12-26(31)30-22-6-3-7-24(15-22)33-18-20-5-2-4-19(14-20)16-28/h2-11,14-15,17H,12-13,18H2,1H3,(H,30,31). The first kappa shape index (κ1) is 22.6. The van der Waals surface area contributed by atoms with E-state index in [1.165, 1.54) is 0 Å². The van der Waals surface area contributed by atoms with Gasteiger partial charge >= 0.3 is 0 Å². The number of oxazole rings is 1. The Labute approximate surface area is 197 Å². The fraction of sp³-hybridized carbons (Fsp3) is 0.148. The van der Waals surface area contributed by atoms with E-state index in [1.807, 2.05) is 48.5 Å². The number of rotatable bonds is 9. The van der Waals surface area contributed by atoms with Gasteiger partial charge in [-0.3, -0.25) is 4.79 Å². The van der Waals surface area contributed by atoms with Crippen LogP contribution in [-0.2, 0) is 17.8 Å². The number of nitriles is 1. The maximum atomic E-state index is 12.4. The zero-order valence-corrected chi connectivity index (χ0v) is 18.7. The fourth-order valence-electron chi connectivity index (χ4n) is 3.32. The van der Waals surface area contributed by atoms with Gasteiger partial charge in [-0.25, -0.2) is 4.98 Å². The summed E-state index contributed by atoms with van der Waals surface area (Å²) in [7, 11) is 1.62. The van der Waals surface area contributed by atoms with Crippen molar-refractivity contribution >= 4 is 11.6 Å². The van der Waals surface area contributed by atoms with Crippen LogP contribution in [0.15, 0.2) is 83.4 Å². The summed E-state index contributed by atoms with van der Waals surface area (Å²) in [5.41, 5.74) is 3.01. The van der Waals surface area contributed by atoms with Gasteiger partial charge in [0, 0.05) is 30.2 Å². The number of carbonyl (C=O) groups excluding carboxylic acids is 1. The van der Waals surface area contributed by atoms with E-state index in [2.05, 4.69) is 16.4 Å². The van der Waals surface area contributed by atoms with Gasteiger partial charge in [-0.05, 0) is 54.1 Å². The van der Waals surface area contributed by atoms with E-state index in [-0.39, 0.29) is 12.3 Å². The summed E-state index contributed by atoms with van der Waals surface area (Å²) in [6, 6.07) is 24.1. The molecule has 7 heteroatoms. The van der Waals surface area contributed by atoms with Crippen molar-refractivity contribution in [2.45, 2.75) is 19.4 Å². The molecule has 1 aromatic heterocycles. The number of carbonyl (C=O) groups is 1. The van der Waals surface area contributed by atoms with Gasteiger partial charge in [-0.15, -0.1) is 0 Å². The number of ether oxygens (including phenoxy) is 2. The number of hydrogen-bond donors (Lipinski definition) is 1. The third kappa shape index (κ3) is 6.02. The number of benzene rings is 3. The average molecular weight is 453 g/mol. The molecule has 0 saturated heterocycles. The maximum Gasteiger partial charge on any atom is 0.224 e. The SMILES string of the molecule is COc1ccc(-c2cnc(CCC(=O)Nc3cccc(OCc4cccc(C#N)c4)c3)o2)cc1. The second-order valence-corrected chi connectivity index (χ2v) is 7.52. The largest absolute Gasteiger partial charge is 0.497 e. The van der Waals surface area contributed by atoms with Crippen molar-refractivity contribution in [2.24, 2.45) is 0 Å². The summed E-state index contributed by atoms with van der Waals surface area (Å²) in [5, 5.41) is 11.9. The zero-order chi connectivity index (χ0) is 23.8. The molecule has 0 spiro atoms. The molecule has 0 radical (unpaired) electrons. The third-order valence-electron chi connectivity index (χ3n) is 5.07. The van der Waals surface area contributed by atoms with Crippen LogP contribution in [0.4, 0.5) is 5.69 Å². The maximum absolute atomic E-state index is 12.4. The Morgan fingerprint density at radius 2 is 1.88 bits per heavy atom. The molecule has 3 aromatic carbocycles. The van der Waals surface area contributed by atoms with Crippen LogP contribution >= 0.6 is 0 Å². The Hall–Kier alpha value is -4.57. The van der Waals surface area contributed by atoms with E-state index >= 15 is 0 Å². The predicted molar refractivity (Wildman–Crippen MR) is 127 cm³/mol. The van der Waals surface area contributed by atoms with Gasteiger partial charge in [0.15, 0.2) is 11.7 Å². The minimum atomic E-state index is -0.150. The minimum Gasteiger partial charge on any atom is -0.497 e. The van der Waals surface area contributed by atoms with Gasteiger partial charge < -0.3 is 19.2 Å². The van der Waals surface area contributed by atoms with Gasteiger partial charge in [-0.1, -0.05) is 18.2 Å². The molecule has 1 heterocycles. The lowest BCUT2D eigenvalue weighted by atomic mass is 10.1. The topological polar surface area (TPSA) is 97.4 Å². The predicted octanol–water partition coefficient (Wildman–Crippen LogP) is 5.37. The molecule has 0 fully saturated rings. The number of anilines is 1. The molecular weight excluding hydrogens is 430 g/mol. The molecule has 0 saturated carbocycles. The van der Waals surface area contributed by atoms with Gasteiger partial charge in [0.2, 0.25) is 5.91 Å². The number of aryl methyl sites for hydroxylation is 1. The summed E-state index contributed by atoms with van der Waals surface area (Å²) in [6.45, 7) is 0.327. The van der Waals surface area contributed by atoms with Crippen LogP contribution in [0.5, 0.6) is 11.5 Å². The van der Waals surface area contributed by atoms with E-state index in [9.17, 15) is 4.79 Å². The highest BCUT2D eigenvalue weighted by Crippen LogP contribution is 2.24. The van der Waals surface area contributed by atoms with Crippen molar-refractivity contribution in [3.05, 3.63) is 96.0 Å². The lowest BCUT2D eigenvalue weighted by molar-refractivity contribution is -0.116. The molecule has 7 nitrogen and oxygen atoms in total. The number of aromatic nitrogens is 1. The molecular formula is C27H23N3O4. The third-order valence-corrected chi connectivity index (χ3v) is 5.07. The molecule has 1 N–H and O–H groups in total. The van der Waals surface area contributed by atoms with Gasteiger partial charge in [0.25, 0.3) is 0 Å². The zero-order valence-electron chi connectivity index (χ0n) is 18.7. The minimum absolute atomic E-state index is 0.150. The molecule has 1 amide bonds. The Kier molecular flexibility index (Phi) is 7.21. The highest BCUT2D eigenvalue weighted by molar-refractivity contribution is 5.90. The molecule has 4 rings (SSSR count). The number of methoxy groups -OCH3 is 1. The van der Waals surface area contributed by atoms with Gasteiger partial charge in [0.1, 0.15) is 18.1 Å². The average Bonchev–Trinajstić information content (AvgIpc) is 3.36. The molecule has 0 atom stereocenters. The fourth-order valence-corrected chi connectivity index (χ4v) is 3.32. The summed E-state index contributed by atoms with van der Waals surface area (Å²) >= 11 is 0. The summed E-state index contributed by atoms with van der Waals surface area (Å²) < 4.78 is 16.8. The summed E-state index contributed by atoms with van der Waals surface area (Å²) in [4.78, 5) is 16.7. The van der Waals surface area contributed by atoms with Crippen LogP contribution in [0.1, 0.15) is 23.4 Å². The molecule has 170 valence electrons. The highest BCUT2D eigenvalue weighted by Gasteiger charge is 2.10. The van der Waals surface area contributed by atoms with Crippen LogP contribution in [0.25, 0.3) is 11.3 Å². The van der Waals surface area contributed by atoms with Crippen molar-refractivity contribution in [1.29, 1.82) is 5.26 Å². The van der Waals surface area contributed by atoms with Crippen molar-refractivity contribution in [3.63, 3.8) is 0 Å². The molecule has 0 unspecified atom stereocenters. The molecule has 34 heavy (non-hydrogen) atoms. The Morgan fingerprint density at radius 1 is 1.06 bits per heavy atom. The first-order valence-corrected chi connectivity index (χ1v) is 10.7. The molecule has 0 bridgehead atoms. The van der Waals surface area contributed by atoms with Gasteiger partial charge in [-0.2, -0.15) is 5.26 Å². The van der Waals surface area contributed by atoms with Crippen LogP contribution in [0, 0.1) is 11.3 Å². The van der Waals surface area contributed by atoms with Crippen LogP contribution in [0.2, 0.25) is 0 Å². The second kappa shape index (κ2) is 10.8. The summed E-state index contributed by atoms with van der Waals surface area (Å²) in [6.07, 6.45) is 2.27. The van der Waals surface area contributed by atoms with E-state index in [1.54, 1.807) is 37.6 Å². The number of nitrogens with zero attached hydrogens (tertiary/aromatic N) is 2. The molecule has 0 aliphatic carbocycles. The van der Waals surface area contributed by atoms with Gasteiger partial charge in [0.05, 0.1) is 24.9 Å². The Morgan fingerprint density at radius 3 is 2.68 bits per heavy atom. The number of nitrogens with one attached hydrogen (secondary N) is 1. The molecule has 4 aromatic rings. The normalized spacial score (nSPS) is 10.4. The Bertz CT molecular complexity index is 1310. The van der Waals surface area contributed by atoms with Crippen LogP contribution in [0.3, 0.4) is 0 Å². The monoisotopic (exact) mass is 453 g/mol. The lowest BCUT2D eigenvalue weighted by Gasteiger charge is -2.09. The van der Waals surface area contributed by atoms with Crippen LogP contribution in [-0.4, -0.2) is 18.0 Å². The highest BCUT2D eigenvalue weighted by atomic mass is 16.5. The van der Waals surface area contributed by atoms with Crippen molar-refractivity contribution in [1.82, 2.24) is 4.98 Å².